The summed E-state index contributed by atoms with van der Waals surface area (Å²) < 4.78 is 13.0. The summed E-state index contributed by atoms with van der Waals surface area (Å²) in [5.74, 6) is -0.718. The van der Waals surface area contributed by atoms with E-state index in [1.54, 1.807) is 6.92 Å². The Morgan fingerprint density at radius 3 is 2.54 bits per heavy atom. The number of amides is 1. The molecule has 3 atom stereocenters. The van der Waals surface area contributed by atoms with Gasteiger partial charge >= 0.3 is 0 Å². The summed E-state index contributed by atoms with van der Waals surface area (Å²) in [6.45, 7) is 2.40. The van der Waals surface area contributed by atoms with Crippen LogP contribution in [0.1, 0.15) is 35.3 Å². The Kier molecular flexibility index (Phi) is 4.64. The van der Waals surface area contributed by atoms with Crippen LogP contribution in [0.25, 0.3) is 0 Å². The predicted molar refractivity (Wildman–Crippen MR) is 90.1 cm³/mol. The zero-order valence-electron chi connectivity index (χ0n) is 13.5. The van der Waals surface area contributed by atoms with Gasteiger partial charge in [0.25, 0.3) is 5.91 Å². The van der Waals surface area contributed by atoms with Gasteiger partial charge in [-0.15, -0.1) is 0 Å². The number of carbonyl (C=O) groups excluding carboxylic acids is 1. The molecule has 1 heterocycles. The number of aliphatic hydroxyl groups is 1. The van der Waals surface area contributed by atoms with E-state index in [1.807, 2.05) is 30.3 Å². The molecule has 0 radical (unpaired) electrons. The third-order valence-electron chi connectivity index (χ3n) is 4.55. The molecule has 1 aliphatic heterocycles. The Morgan fingerprint density at radius 2 is 1.88 bits per heavy atom. The molecule has 5 heteroatoms. The van der Waals surface area contributed by atoms with Gasteiger partial charge in [0.05, 0.1) is 17.7 Å². The average molecular weight is 328 g/mol. The molecule has 3 rings (SSSR count). The Balaban J connectivity index is 1.85. The number of rotatable bonds is 3. The molecule has 0 bridgehead atoms. The molecule has 0 saturated carbocycles. The molecule has 0 aromatic heterocycles. The van der Waals surface area contributed by atoms with E-state index in [0.29, 0.717) is 18.5 Å². The van der Waals surface area contributed by atoms with Gasteiger partial charge in [0.1, 0.15) is 5.82 Å². The molecule has 3 N–H and O–H groups in total. The Morgan fingerprint density at radius 1 is 1.21 bits per heavy atom. The molecular formula is C19H21FN2O2. The number of benzene rings is 2. The number of carbonyl (C=O) groups is 1. The van der Waals surface area contributed by atoms with E-state index in [1.165, 1.54) is 24.3 Å². The van der Waals surface area contributed by atoms with E-state index >= 15 is 0 Å². The smallest absolute Gasteiger partial charge is 0.251 e. The Labute approximate surface area is 140 Å². The molecular weight excluding hydrogens is 307 g/mol. The quantitative estimate of drug-likeness (QED) is 0.811. The normalized spacial score (nSPS) is 26.8. The van der Waals surface area contributed by atoms with Crippen molar-refractivity contribution < 1.29 is 14.3 Å². The second kappa shape index (κ2) is 6.71. The minimum atomic E-state index is -1.04. The molecule has 1 saturated heterocycles. The molecule has 0 aliphatic carbocycles. The van der Waals surface area contributed by atoms with Gasteiger partial charge in [0.15, 0.2) is 0 Å². The number of nitrogens with one attached hydrogen (secondary N) is 2. The Hall–Kier alpha value is -2.24. The van der Waals surface area contributed by atoms with Crippen molar-refractivity contribution in [1.82, 2.24) is 10.6 Å². The lowest BCUT2D eigenvalue weighted by Gasteiger charge is -2.43. The molecule has 1 amide bonds. The fourth-order valence-electron chi connectivity index (χ4n) is 3.15. The van der Waals surface area contributed by atoms with Crippen LogP contribution in [0.4, 0.5) is 4.39 Å². The molecule has 0 unspecified atom stereocenters. The molecule has 0 spiro atoms. The van der Waals surface area contributed by atoms with Crippen LogP contribution in [-0.2, 0) is 0 Å². The van der Waals surface area contributed by atoms with Crippen LogP contribution in [0.2, 0.25) is 0 Å². The standard InChI is InChI=1S/C19H21FN2O2/c1-19(24)11-12-21-16(13-5-3-2-4-6-13)17(19)22-18(23)14-7-9-15(20)10-8-14/h2-10,16-17,21,24H,11-12H2,1H3,(H,22,23)/t16-,17-,19+/m0/s1. The van der Waals surface area contributed by atoms with E-state index in [0.717, 1.165) is 5.56 Å². The molecule has 126 valence electrons. The highest BCUT2D eigenvalue weighted by atomic mass is 19.1. The zero-order valence-corrected chi connectivity index (χ0v) is 13.5. The maximum Gasteiger partial charge on any atom is 0.251 e. The minimum absolute atomic E-state index is 0.195. The molecule has 1 aliphatic rings. The van der Waals surface area contributed by atoms with Gasteiger partial charge in [0, 0.05) is 5.56 Å². The van der Waals surface area contributed by atoms with Crippen molar-refractivity contribution in [3.05, 3.63) is 71.5 Å². The van der Waals surface area contributed by atoms with E-state index in [2.05, 4.69) is 10.6 Å². The lowest BCUT2D eigenvalue weighted by atomic mass is 9.81. The van der Waals surface area contributed by atoms with Crippen LogP contribution in [0.15, 0.2) is 54.6 Å². The SMILES string of the molecule is C[C@@]1(O)CCN[C@@H](c2ccccc2)[C@@H]1NC(=O)c1ccc(F)cc1. The lowest BCUT2D eigenvalue weighted by molar-refractivity contribution is -0.0194. The summed E-state index contributed by atoms with van der Waals surface area (Å²) in [7, 11) is 0. The van der Waals surface area contributed by atoms with Crippen molar-refractivity contribution in [2.75, 3.05) is 6.54 Å². The van der Waals surface area contributed by atoms with E-state index < -0.39 is 11.6 Å². The van der Waals surface area contributed by atoms with Crippen LogP contribution in [-0.4, -0.2) is 29.2 Å². The first-order valence-electron chi connectivity index (χ1n) is 8.04. The van der Waals surface area contributed by atoms with Crippen molar-refractivity contribution in [3.8, 4) is 0 Å². The summed E-state index contributed by atoms with van der Waals surface area (Å²) in [6, 6.07) is 14.4. The highest BCUT2D eigenvalue weighted by Gasteiger charge is 2.42. The van der Waals surface area contributed by atoms with Gasteiger partial charge in [0.2, 0.25) is 0 Å². The predicted octanol–water partition coefficient (Wildman–Crippen LogP) is 2.41. The maximum atomic E-state index is 13.0. The number of hydrogen-bond acceptors (Lipinski definition) is 3. The number of piperidine rings is 1. The summed E-state index contributed by atoms with van der Waals surface area (Å²) >= 11 is 0. The summed E-state index contributed by atoms with van der Waals surface area (Å²) in [4.78, 5) is 12.5. The molecule has 2 aromatic carbocycles. The average Bonchev–Trinajstić information content (AvgIpc) is 2.57. The topological polar surface area (TPSA) is 61.4 Å². The second-order valence-electron chi connectivity index (χ2n) is 6.41. The third-order valence-corrected chi connectivity index (χ3v) is 4.55. The molecule has 2 aromatic rings. The Bertz CT molecular complexity index is 701. The zero-order chi connectivity index (χ0) is 17.2. The first-order chi connectivity index (χ1) is 11.5. The first-order valence-corrected chi connectivity index (χ1v) is 8.04. The third kappa shape index (κ3) is 3.47. The van der Waals surface area contributed by atoms with Crippen LogP contribution >= 0.6 is 0 Å². The van der Waals surface area contributed by atoms with Crippen molar-refractivity contribution in [3.63, 3.8) is 0 Å². The van der Waals surface area contributed by atoms with Gasteiger partial charge in [-0.3, -0.25) is 4.79 Å². The van der Waals surface area contributed by atoms with Gasteiger partial charge < -0.3 is 15.7 Å². The lowest BCUT2D eigenvalue weighted by Crippen LogP contribution is -2.61. The van der Waals surface area contributed by atoms with E-state index in [4.69, 9.17) is 0 Å². The largest absolute Gasteiger partial charge is 0.388 e. The molecule has 1 fully saturated rings. The fourth-order valence-corrected chi connectivity index (χ4v) is 3.15. The van der Waals surface area contributed by atoms with Crippen LogP contribution < -0.4 is 10.6 Å². The highest BCUT2D eigenvalue weighted by molar-refractivity contribution is 5.94. The summed E-state index contributed by atoms with van der Waals surface area (Å²) in [6.07, 6.45) is 0.532. The fraction of sp³-hybridized carbons (Fsp3) is 0.316. The number of halogens is 1. The van der Waals surface area contributed by atoms with Crippen molar-refractivity contribution in [2.45, 2.75) is 31.0 Å². The number of hydrogen-bond donors (Lipinski definition) is 3. The summed E-state index contributed by atoms with van der Waals surface area (Å²) in [5.41, 5.74) is 0.327. The van der Waals surface area contributed by atoms with Crippen LogP contribution in [0.3, 0.4) is 0 Å². The van der Waals surface area contributed by atoms with E-state index in [9.17, 15) is 14.3 Å². The maximum absolute atomic E-state index is 13.0. The monoisotopic (exact) mass is 328 g/mol. The van der Waals surface area contributed by atoms with Crippen LogP contribution in [0, 0.1) is 5.82 Å². The van der Waals surface area contributed by atoms with Crippen molar-refractivity contribution in [1.29, 1.82) is 0 Å². The van der Waals surface area contributed by atoms with Crippen LogP contribution in [0.5, 0.6) is 0 Å². The van der Waals surface area contributed by atoms with Crippen molar-refractivity contribution >= 4 is 5.91 Å². The highest BCUT2D eigenvalue weighted by Crippen LogP contribution is 2.31. The van der Waals surface area contributed by atoms with Gasteiger partial charge in [-0.2, -0.15) is 0 Å². The molecule has 4 nitrogen and oxygen atoms in total. The van der Waals surface area contributed by atoms with Gasteiger partial charge in [-0.05, 0) is 49.7 Å². The van der Waals surface area contributed by atoms with Gasteiger partial charge in [-0.1, -0.05) is 30.3 Å². The minimum Gasteiger partial charge on any atom is -0.388 e. The first kappa shape index (κ1) is 16.6. The molecule has 24 heavy (non-hydrogen) atoms. The van der Waals surface area contributed by atoms with Crippen molar-refractivity contribution in [2.24, 2.45) is 0 Å². The van der Waals surface area contributed by atoms with E-state index in [-0.39, 0.29) is 17.8 Å². The second-order valence-corrected chi connectivity index (χ2v) is 6.41. The summed E-state index contributed by atoms with van der Waals surface area (Å²) in [5, 5.41) is 17.1. The van der Waals surface area contributed by atoms with Gasteiger partial charge in [-0.25, -0.2) is 4.39 Å².